The van der Waals surface area contributed by atoms with E-state index >= 15 is 0 Å². The fraction of sp³-hybridized carbons (Fsp3) is 0.316. The van der Waals surface area contributed by atoms with Gasteiger partial charge < -0.3 is 20.1 Å². The molecule has 1 aromatic carbocycles. The largest absolute Gasteiger partial charge is 0.478 e. The molecule has 0 saturated carbocycles. The Morgan fingerprint density at radius 1 is 1.11 bits per heavy atom. The first-order valence-electron chi connectivity index (χ1n) is 8.28. The summed E-state index contributed by atoms with van der Waals surface area (Å²) in [6.45, 7) is 6.54. The summed E-state index contributed by atoms with van der Waals surface area (Å²) in [7, 11) is 2.05. The van der Waals surface area contributed by atoms with Crippen LogP contribution in [-0.4, -0.2) is 32.8 Å². The molecular weight excluding hydrogens is 384 g/mol. The van der Waals surface area contributed by atoms with Gasteiger partial charge >= 0.3 is 11.9 Å². The quantitative estimate of drug-likeness (QED) is 0.489. The molecule has 0 spiro atoms. The standard InChI is InChI=1S/C15H20N2S2.C4H4O4/c1-10(2)16-11(3)14-13(17(4)15(18)19-14)12-8-6-5-7-9-12;5-3(6)1-2-4(7)8/h5-11,16H,1-4H3;1-2H,(H,5,6)(H,7,8)/b;2-1-. The van der Waals surface area contributed by atoms with Crippen molar-refractivity contribution in [3.8, 4) is 11.3 Å². The molecule has 0 aliphatic carbocycles. The second-order valence-corrected chi connectivity index (χ2v) is 7.73. The van der Waals surface area contributed by atoms with Crippen molar-refractivity contribution >= 4 is 35.5 Å². The number of nitrogens with zero attached hydrogens (tertiary/aromatic N) is 1. The first kappa shape index (κ1) is 22.8. The topological polar surface area (TPSA) is 91.6 Å². The molecule has 1 atom stereocenters. The van der Waals surface area contributed by atoms with Crippen LogP contribution in [0.4, 0.5) is 0 Å². The third kappa shape index (κ3) is 7.46. The molecule has 1 aromatic heterocycles. The summed E-state index contributed by atoms with van der Waals surface area (Å²) in [4.78, 5) is 20.4. The fourth-order valence-corrected chi connectivity index (χ4v) is 3.78. The average molecular weight is 409 g/mol. The van der Waals surface area contributed by atoms with Crippen LogP contribution in [0.25, 0.3) is 11.3 Å². The van der Waals surface area contributed by atoms with Crippen LogP contribution >= 0.6 is 23.6 Å². The van der Waals surface area contributed by atoms with Crippen molar-refractivity contribution in [3.05, 3.63) is 51.3 Å². The summed E-state index contributed by atoms with van der Waals surface area (Å²) in [6.07, 6.45) is 1.12. The van der Waals surface area contributed by atoms with Gasteiger partial charge in [0.25, 0.3) is 0 Å². The number of carbonyl (C=O) groups is 2. The van der Waals surface area contributed by atoms with E-state index in [1.165, 1.54) is 16.1 Å². The smallest absolute Gasteiger partial charge is 0.328 e. The summed E-state index contributed by atoms with van der Waals surface area (Å²) >= 11 is 7.15. The van der Waals surface area contributed by atoms with Crippen molar-refractivity contribution in [1.82, 2.24) is 9.88 Å². The highest BCUT2D eigenvalue weighted by Gasteiger charge is 2.18. The third-order valence-corrected chi connectivity index (χ3v) is 5.17. The molecule has 2 rings (SSSR count). The Hall–Kier alpha value is -2.29. The van der Waals surface area contributed by atoms with Crippen LogP contribution in [-0.2, 0) is 16.6 Å². The van der Waals surface area contributed by atoms with Gasteiger partial charge in [0.1, 0.15) is 0 Å². The van der Waals surface area contributed by atoms with Crippen LogP contribution in [0.1, 0.15) is 31.7 Å². The zero-order valence-electron chi connectivity index (χ0n) is 15.7. The lowest BCUT2D eigenvalue weighted by Gasteiger charge is -2.17. The van der Waals surface area contributed by atoms with E-state index in [4.69, 9.17) is 22.4 Å². The summed E-state index contributed by atoms with van der Waals surface area (Å²) < 4.78 is 3.04. The Balaban J connectivity index is 0.000000387. The normalized spacial score (nSPS) is 11.9. The van der Waals surface area contributed by atoms with Crippen LogP contribution in [0, 0.1) is 3.95 Å². The van der Waals surface area contributed by atoms with Crippen molar-refractivity contribution in [2.75, 3.05) is 0 Å². The van der Waals surface area contributed by atoms with Crippen molar-refractivity contribution < 1.29 is 19.8 Å². The zero-order valence-corrected chi connectivity index (χ0v) is 17.3. The van der Waals surface area contributed by atoms with E-state index in [9.17, 15) is 9.59 Å². The Morgan fingerprint density at radius 2 is 1.63 bits per heavy atom. The molecule has 0 aliphatic heterocycles. The molecule has 2 aromatic rings. The number of carboxylic acid groups (broad SMARTS) is 2. The molecule has 0 amide bonds. The maximum absolute atomic E-state index is 9.55. The molecule has 1 unspecified atom stereocenters. The van der Waals surface area contributed by atoms with Crippen LogP contribution in [0.5, 0.6) is 0 Å². The highest BCUT2D eigenvalue weighted by atomic mass is 32.1. The van der Waals surface area contributed by atoms with Crippen LogP contribution in [0.15, 0.2) is 42.5 Å². The van der Waals surface area contributed by atoms with Gasteiger partial charge in [0.2, 0.25) is 0 Å². The van der Waals surface area contributed by atoms with Gasteiger partial charge in [0, 0.05) is 36.2 Å². The number of rotatable bonds is 6. The molecule has 1 heterocycles. The van der Waals surface area contributed by atoms with Crippen LogP contribution < -0.4 is 5.32 Å². The average Bonchev–Trinajstić information content (AvgIpc) is 2.89. The number of hydrogen-bond donors (Lipinski definition) is 3. The minimum absolute atomic E-state index is 0.308. The minimum Gasteiger partial charge on any atom is -0.478 e. The van der Waals surface area contributed by atoms with Crippen LogP contribution in [0.3, 0.4) is 0 Å². The minimum atomic E-state index is -1.26. The molecule has 0 radical (unpaired) electrons. The van der Waals surface area contributed by atoms with Crippen molar-refractivity contribution in [3.63, 3.8) is 0 Å². The van der Waals surface area contributed by atoms with E-state index in [-0.39, 0.29) is 0 Å². The van der Waals surface area contributed by atoms with Gasteiger partial charge in [-0.2, -0.15) is 0 Å². The zero-order chi connectivity index (χ0) is 20.6. The molecular formula is C19H24N2O4S2. The van der Waals surface area contributed by atoms with Gasteiger partial charge in [0.05, 0.1) is 5.69 Å². The highest BCUT2D eigenvalue weighted by molar-refractivity contribution is 7.73. The molecule has 8 heteroatoms. The summed E-state index contributed by atoms with van der Waals surface area (Å²) in [5.74, 6) is -2.51. The summed E-state index contributed by atoms with van der Waals surface area (Å²) in [6, 6.07) is 11.2. The Kier molecular flexibility index (Phi) is 9.07. The van der Waals surface area contributed by atoms with Crippen molar-refractivity contribution in [1.29, 1.82) is 0 Å². The predicted molar refractivity (Wildman–Crippen MR) is 111 cm³/mol. The summed E-state index contributed by atoms with van der Waals surface area (Å²) in [5, 5.41) is 19.2. The van der Waals surface area contributed by atoms with E-state index in [0.29, 0.717) is 24.2 Å². The number of hydrogen-bond acceptors (Lipinski definition) is 5. The SMILES string of the molecule is CC(C)NC(C)c1sc(=S)n(C)c1-c1ccccc1.O=C(O)/C=C\C(=O)O. The van der Waals surface area contributed by atoms with Gasteiger partial charge in [-0.05, 0) is 24.7 Å². The van der Waals surface area contributed by atoms with Crippen molar-refractivity contribution in [2.24, 2.45) is 7.05 Å². The van der Waals surface area contributed by atoms with Crippen molar-refractivity contribution in [2.45, 2.75) is 32.9 Å². The number of carboxylic acids is 2. The van der Waals surface area contributed by atoms with Gasteiger partial charge in [-0.1, -0.05) is 44.2 Å². The molecule has 0 bridgehead atoms. The lowest BCUT2D eigenvalue weighted by molar-refractivity contribution is -0.134. The lowest BCUT2D eigenvalue weighted by Crippen LogP contribution is -2.25. The predicted octanol–water partition coefficient (Wildman–Crippen LogP) is 4.25. The van der Waals surface area contributed by atoms with E-state index in [1.807, 2.05) is 13.1 Å². The second-order valence-electron chi connectivity index (χ2n) is 6.06. The molecule has 0 aliphatic rings. The number of nitrogens with one attached hydrogen (secondary N) is 1. The first-order chi connectivity index (χ1) is 12.6. The molecule has 0 saturated heterocycles. The number of aliphatic carboxylic acids is 2. The van der Waals surface area contributed by atoms with E-state index in [1.54, 1.807) is 11.3 Å². The Labute approximate surface area is 167 Å². The number of benzene rings is 1. The Morgan fingerprint density at radius 3 is 2.07 bits per heavy atom. The van der Waals surface area contributed by atoms with Gasteiger partial charge in [0.15, 0.2) is 3.95 Å². The molecule has 0 fully saturated rings. The van der Waals surface area contributed by atoms with Crippen LogP contribution in [0.2, 0.25) is 0 Å². The van der Waals surface area contributed by atoms with E-state index in [0.717, 1.165) is 3.95 Å². The number of thiazole rings is 1. The monoisotopic (exact) mass is 408 g/mol. The second kappa shape index (κ2) is 10.8. The first-order valence-corrected chi connectivity index (χ1v) is 9.51. The highest BCUT2D eigenvalue weighted by Crippen LogP contribution is 2.33. The van der Waals surface area contributed by atoms with Gasteiger partial charge in [-0.25, -0.2) is 9.59 Å². The van der Waals surface area contributed by atoms with E-state index < -0.39 is 11.9 Å². The third-order valence-electron chi connectivity index (χ3n) is 3.43. The Bertz CT molecular complexity index is 838. The molecule has 27 heavy (non-hydrogen) atoms. The number of aromatic nitrogens is 1. The maximum Gasteiger partial charge on any atom is 0.328 e. The van der Waals surface area contributed by atoms with Gasteiger partial charge in [-0.15, -0.1) is 11.3 Å². The maximum atomic E-state index is 9.55. The molecule has 6 nitrogen and oxygen atoms in total. The fourth-order valence-electron chi connectivity index (χ4n) is 2.41. The molecule has 146 valence electrons. The van der Waals surface area contributed by atoms with E-state index in [2.05, 4.69) is 54.9 Å². The molecule has 3 N–H and O–H groups in total. The summed E-state index contributed by atoms with van der Waals surface area (Å²) in [5.41, 5.74) is 2.46. The van der Waals surface area contributed by atoms with Gasteiger partial charge in [-0.3, -0.25) is 0 Å². The lowest BCUT2D eigenvalue weighted by atomic mass is 10.1.